The molecule has 12 aromatic rings. The van der Waals surface area contributed by atoms with Gasteiger partial charge in [-0.05, 0) is 75.2 Å². The molecule has 0 spiro atoms. The number of alkyl halides is 2. The van der Waals surface area contributed by atoms with Crippen LogP contribution in [0, 0.1) is 0 Å². The number of anilines is 2. The molecule has 8 aromatic carbocycles. The Hall–Kier alpha value is -10.3. The van der Waals surface area contributed by atoms with E-state index in [1.165, 1.54) is 12.7 Å². The van der Waals surface area contributed by atoms with Crippen molar-refractivity contribution in [2.75, 3.05) is 31.5 Å². The van der Waals surface area contributed by atoms with Crippen molar-refractivity contribution >= 4 is 34.0 Å². The molecule has 3 N–H and O–H groups in total. The third-order valence-electron chi connectivity index (χ3n) is 17.4. The summed E-state index contributed by atoms with van der Waals surface area (Å²) in [6.07, 6.45) is -1.57. The number of ether oxygens (including phenoxy) is 6. The number of aromatic nitrogens is 8. The van der Waals surface area contributed by atoms with Crippen LogP contribution in [0.2, 0.25) is 0 Å². The van der Waals surface area contributed by atoms with Gasteiger partial charge < -0.3 is 44.2 Å². The molecule has 2 aliphatic rings. The maximum Gasteiger partial charge on any atom is 0.167 e. The molecule has 2 fully saturated rings. The molecule has 4 aromatic heterocycles. The first-order valence-corrected chi connectivity index (χ1v) is 31.2. The normalized spacial score (nSPS) is 19.6. The topological polar surface area (TPSA) is 187 Å². The summed E-state index contributed by atoms with van der Waals surface area (Å²) in [6.45, 7) is 1.76. The summed E-state index contributed by atoms with van der Waals surface area (Å²) in [6, 6.07) is 76.2. The lowest BCUT2D eigenvalue weighted by Crippen LogP contribution is -2.38. The van der Waals surface area contributed by atoms with E-state index in [4.69, 9.17) is 43.4 Å². The van der Waals surface area contributed by atoms with Crippen molar-refractivity contribution in [1.82, 2.24) is 39.0 Å². The van der Waals surface area contributed by atoms with Crippen LogP contribution in [0.5, 0.6) is 11.5 Å². The van der Waals surface area contributed by atoms with E-state index in [1.807, 2.05) is 165 Å². The van der Waals surface area contributed by atoms with E-state index in [1.54, 1.807) is 36.0 Å². The summed E-state index contributed by atoms with van der Waals surface area (Å²) in [5.74, 6) is 2.47. The van der Waals surface area contributed by atoms with Gasteiger partial charge in [-0.3, -0.25) is 9.13 Å². The van der Waals surface area contributed by atoms with Crippen LogP contribution in [0.15, 0.2) is 256 Å². The Morgan fingerprint density at radius 2 is 0.755 bits per heavy atom. The van der Waals surface area contributed by atoms with Crippen LogP contribution in [-0.4, -0.2) is 102 Å². The number of fused-ring (bicyclic) bond motifs is 2. The molecule has 14 rings (SSSR count). The standard InChI is InChI=1S/C38H36FN5O3.C37H34FN5O4/c1-3-31-32(39)34(46-23-26-19-21-30(45-2)22-20-26)37(47-31)44-25-42-33-35(40-24-41-36(33)44)43-38(27-13-7-4-8-14-27,28-15-9-5-10-16-28)29-17-11-6-12-18-29;1-45-29-19-17-25(18-20-29)22-46-33-31(38)30(21-44)47-36(33)43-24-41-32-34(39-23-40-35(32)43)42-37(26-11-5-2-6-12-26,27-13-7-3-8-14-27)28-15-9-4-10-16-28/h4-22,24-25,31-32,34,37H,3,23H2,1-2H3,(H,40,41,43);2-20,23-24,30-31,33,36,44H,21-22H2,1H3,(H,39,40,42)/t31-,32+,34?,37-;30-,31+,33?,36-/m11/s1. The lowest BCUT2D eigenvalue weighted by atomic mass is 9.77. The maximum atomic E-state index is 15.8. The van der Waals surface area contributed by atoms with E-state index in [-0.39, 0.29) is 13.2 Å². The molecule has 2 aliphatic heterocycles. The lowest BCUT2D eigenvalue weighted by molar-refractivity contribution is -0.0741. The number of rotatable bonds is 22. The second-order valence-electron chi connectivity index (χ2n) is 22.9. The third-order valence-corrected chi connectivity index (χ3v) is 17.4. The number of aliphatic hydroxyl groups excluding tert-OH is 1. The number of halogens is 2. The maximum absolute atomic E-state index is 15.8. The van der Waals surface area contributed by atoms with Crippen LogP contribution in [0.3, 0.4) is 0 Å². The average molecular weight is 1260 g/mol. The van der Waals surface area contributed by atoms with Crippen molar-refractivity contribution in [3.8, 4) is 11.5 Å². The van der Waals surface area contributed by atoms with Crippen molar-refractivity contribution in [3.05, 3.63) is 300 Å². The predicted molar refractivity (Wildman–Crippen MR) is 354 cm³/mol. The number of methoxy groups -OCH3 is 2. The van der Waals surface area contributed by atoms with Gasteiger partial charge in [0.1, 0.15) is 53.5 Å². The highest BCUT2D eigenvalue weighted by molar-refractivity contribution is 5.85. The largest absolute Gasteiger partial charge is 0.497 e. The fraction of sp³-hybridized carbons (Fsp3) is 0.227. The molecule has 0 aliphatic carbocycles. The lowest BCUT2D eigenvalue weighted by Gasteiger charge is -2.37. The molecule has 19 heteroatoms. The summed E-state index contributed by atoms with van der Waals surface area (Å²) < 4.78 is 70.1. The first kappa shape index (κ1) is 62.5. The minimum atomic E-state index is -1.58. The van der Waals surface area contributed by atoms with Gasteiger partial charge in [-0.25, -0.2) is 38.7 Å². The highest BCUT2D eigenvalue weighted by Crippen LogP contribution is 2.45. The monoisotopic (exact) mass is 1260 g/mol. The summed E-state index contributed by atoms with van der Waals surface area (Å²) in [5.41, 5.74) is 8.11. The van der Waals surface area contributed by atoms with Gasteiger partial charge in [-0.2, -0.15) is 0 Å². The molecule has 6 heterocycles. The number of nitrogens with one attached hydrogen (secondary N) is 2. The van der Waals surface area contributed by atoms with Crippen LogP contribution in [0.4, 0.5) is 20.4 Å². The highest BCUT2D eigenvalue weighted by Gasteiger charge is 2.49. The molecule has 476 valence electrons. The Morgan fingerprint density at radius 3 is 1.06 bits per heavy atom. The minimum Gasteiger partial charge on any atom is -0.497 e. The van der Waals surface area contributed by atoms with Gasteiger partial charge in [-0.15, -0.1) is 0 Å². The number of nitrogens with zero attached hydrogens (tertiary/aromatic N) is 8. The Labute approximate surface area is 543 Å². The van der Waals surface area contributed by atoms with E-state index >= 15 is 8.78 Å². The number of hydrogen-bond acceptors (Lipinski definition) is 15. The quantitative estimate of drug-likeness (QED) is 0.0544. The SMILES string of the molecule is CC[C@H]1O[C@@H](n2cnc3c(NC(c4ccccc4)(c4ccccc4)c4ccccc4)ncnc32)C(OCc2ccc(OC)cc2)[C@H]1F.COc1ccc(COC2[C@@H](F)[C@@H](CO)O[C@H]2n2cnc3c(NC(c4ccccc4)(c4ccccc4)c4ccccc4)ncnc32)cc1. The smallest absolute Gasteiger partial charge is 0.167 e. The highest BCUT2D eigenvalue weighted by atomic mass is 19.1. The molecule has 0 bridgehead atoms. The van der Waals surface area contributed by atoms with Crippen molar-refractivity contribution in [3.63, 3.8) is 0 Å². The second-order valence-corrected chi connectivity index (χ2v) is 22.9. The van der Waals surface area contributed by atoms with Crippen molar-refractivity contribution < 1.29 is 42.3 Å². The van der Waals surface area contributed by atoms with Crippen LogP contribution in [0.25, 0.3) is 22.3 Å². The van der Waals surface area contributed by atoms with E-state index in [0.29, 0.717) is 46.1 Å². The van der Waals surface area contributed by atoms with Crippen molar-refractivity contribution in [2.45, 2.75) is 86.9 Å². The molecule has 17 nitrogen and oxygen atoms in total. The summed E-state index contributed by atoms with van der Waals surface area (Å²) in [5, 5.41) is 17.5. The number of aliphatic hydroxyl groups is 1. The Kier molecular flexibility index (Phi) is 18.8. The number of imidazole rings is 2. The van der Waals surface area contributed by atoms with Crippen LogP contribution >= 0.6 is 0 Å². The molecular weight excluding hydrogens is 1190 g/mol. The molecule has 8 atom stereocenters. The number of benzene rings is 8. The van der Waals surface area contributed by atoms with Crippen LogP contribution < -0.4 is 20.1 Å². The number of hydrogen-bond donors (Lipinski definition) is 3. The predicted octanol–water partition coefficient (Wildman–Crippen LogP) is 13.5. The van der Waals surface area contributed by atoms with E-state index in [9.17, 15) is 5.11 Å². The van der Waals surface area contributed by atoms with E-state index in [0.717, 1.165) is 50.3 Å². The molecule has 0 radical (unpaired) electrons. The fourth-order valence-corrected chi connectivity index (χ4v) is 12.7. The zero-order chi connectivity index (χ0) is 64.4. The Bertz CT molecular complexity index is 3900. The molecule has 2 saturated heterocycles. The van der Waals surface area contributed by atoms with Gasteiger partial charge in [0.2, 0.25) is 0 Å². The van der Waals surface area contributed by atoms with Crippen molar-refractivity contribution in [2.24, 2.45) is 0 Å². The fourth-order valence-electron chi connectivity index (χ4n) is 12.7. The third kappa shape index (κ3) is 12.3. The molecule has 94 heavy (non-hydrogen) atoms. The average Bonchev–Trinajstić information content (AvgIpc) is 0.986. The van der Waals surface area contributed by atoms with Crippen LogP contribution in [-0.2, 0) is 43.2 Å². The zero-order valence-electron chi connectivity index (χ0n) is 51.9. The Morgan fingerprint density at radius 1 is 0.436 bits per heavy atom. The molecule has 0 saturated carbocycles. The van der Waals surface area contributed by atoms with Gasteiger partial charge in [0.15, 0.2) is 58.8 Å². The minimum absolute atomic E-state index is 0.134. The van der Waals surface area contributed by atoms with Crippen LogP contribution in [0.1, 0.15) is 70.3 Å². The van der Waals surface area contributed by atoms with Crippen molar-refractivity contribution in [1.29, 1.82) is 0 Å². The summed E-state index contributed by atoms with van der Waals surface area (Å²) in [7, 11) is 3.22. The summed E-state index contributed by atoms with van der Waals surface area (Å²) in [4.78, 5) is 28.1. The van der Waals surface area contributed by atoms with Gasteiger partial charge in [-0.1, -0.05) is 213 Å². The first-order chi connectivity index (χ1) is 46.2. The van der Waals surface area contributed by atoms with E-state index < -0.39 is 66.9 Å². The second kappa shape index (κ2) is 28.3. The summed E-state index contributed by atoms with van der Waals surface area (Å²) >= 11 is 0. The van der Waals surface area contributed by atoms with E-state index in [2.05, 4.69) is 98.4 Å². The molecule has 2 unspecified atom stereocenters. The zero-order valence-corrected chi connectivity index (χ0v) is 51.9. The molecular formula is C75H70F2N10O7. The first-order valence-electron chi connectivity index (χ1n) is 31.2. The molecule has 0 amide bonds. The Balaban J connectivity index is 0.000000171. The van der Waals surface area contributed by atoms with Gasteiger partial charge in [0, 0.05) is 0 Å². The van der Waals surface area contributed by atoms with Gasteiger partial charge in [0.25, 0.3) is 0 Å². The van der Waals surface area contributed by atoms with Gasteiger partial charge >= 0.3 is 0 Å². The van der Waals surface area contributed by atoms with Gasteiger partial charge in [0.05, 0.1) is 52.8 Å².